The number of benzene rings is 1. The Bertz CT molecular complexity index is 934. The molecule has 0 amide bonds. The molecule has 1 aromatic carbocycles. The summed E-state index contributed by atoms with van der Waals surface area (Å²) in [7, 11) is 1.97. The van der Waals surface area contributed by atoms with E-state index in [1.54, 1.807) is 37.1 Å². The van der Waals surface area contributed by atoms with Gasteiger partial charge in [0, 0.05) is 24.2 Å². The second kappa shape index (κ2) is 12.7. The number of ether oxygens (including phenoxy) is 2. The first kappa shape index (κ1) is 26.7. The monoisotopic (exact) mass is 485 g/mol. The van der Waals surface area contributed by atoms with Crippen LogP contribution in [-0.2, 0) is 25.0 Å². The molecule has 0 fully saturated rings. The molecular weight excluding hydrogens is 449 g/mol. The number of hydrogen-bond acceptors (Lipinski definition) is 7. The van der Waals surface area contributed by atoms with E-state index in [4.69, 9.17) is 14.0 Å². The maximum absolute atomic E-state index is 14.2. The van der Waals surface area contributed by atoms with Crippen LogP contribution in [0.2, 0.25) is 0 Å². The Morgan fingerprint density at radius 3 is 2.62 bits per heavy atom. The first-order valence-corrected chi connectivity index (χ1v) is 13.8. The molecule has 0 saturated heterocycles. The van der Waals surface area contributed by atoms with Crippen molar-refractivity contribution in [2.75, 3.05) is 53.0 Å². The highest BCUT2D eigenvalue weighted by Gasteiger charge is 2.34. The summed E-state index contributed by atoms with van der Waals surface area (Å²) in [5.41, 5.74) is 1.78. The van der Waals surface area contributed by atoms with Crippen LogP contribution >= 0.6 is 19.4 Å². The smallest absolute Gasteiger partial charge is 0.373 e. The van der Waals surface area contributed by atoms with Gasteiger partial charge < -0.3 is 18.9 Å². The molecule has 0 radical (unpaired) electrons. The zero-order valence-electron chi connectivity index (χ0n) is 19.9. The number of nitrogens with one attached hydrogen (secondary N) is 1. The second-order valence-electron chi connectivity index (χ2n) is 7.59. The number of carbonyl (C=O) groups excluding carboxylic acids is 1. The summed E-state index contributed by atoms with van der Waals surface area (Å²) in [5.74, 6) is 0.948. The van der Waals surface area contributed by atoms with Gasteiger partial charge in [0.2, 0.25) is 0 Å². The number of methoxy groups -OCH3 is 1. The van der Waals surface area contributed by atoms with Crippen molar-refractivity contribution in [1.82, 2.24) is 14.3 Å². The molecule has 0 spiro atoms. The molecule has 0 bridgehead atoms. The molecule has 0 aliphatic heterocycles. The molecular formula is C22H36N3O5PS. The molecule has 0 saturated carbocycles. The fraction of sp³-hybridized carbons (Fsp3) is 0.591. The van der Waals surface area contributed by atoms with Gasteiger partial charge in [0.1, 0.15) is 11.8 Å². The number of aromatic nitrogens is 1. The van der Waals surface area contributed by atoms with Crippen LogP contribution in [0.3, 0.4) is 0 Å². The van der Waals surface area contributed by atoms with E-state index >= 15 is 0 Å². The van der Waals surface area contributed by atoms with Crippen molar-refractivity contribution < 1.29 is 23.4 Å². The summed E-state index contributed by atoms with van der Waals surface area (Å²) in [4.78, 5) is 14.7. The van der Waals surface area contributed by atoms with E-state index in [0.717, 1.165) is 35.2 Å². The Morgan fingerprint density at radius 1 is 1.28 bits per heavy atom. The lowest BCUT2D eigenvalue weighted by atomic mass is 10.1. The lowest BCUT2D eigenvalue weighted by Gasteiger charge is -2.25. The number of likely N-dealkylation sites (N-methyl/N-ethyl adjacent to an activating group) is 1. The van der Waals surface area contributed by atoms with Gasteiger partial charge in [0.05, 0.1) is 25.8 Å². The standard InChI is InChI=1S/C22H36N3O5PS/c1-7-29-22(26)20(12-14-32-6)23-31(27,30-8-2)25-16-17(11-13-24(3)4)19-10-9-18(28-5)15-21(19)25/h9-10,15-16,20H,7-8,11-14H2,1-6H3,(H,23,27). The Hall–Kier alpha value is -1.51. The van der Waals surface area contributed by atoms with Gasteiger partial charge >= 0.3 is 13.6 Å². The maximum atomic E-state index is 14.2. The van der Waals surface area contributed by atoms with Crippen LogP contribution in [0.25, 0.3) is 10.9 Å². The van der Waals surface area contributed by atoms with Gasteiger partial charge in [-0.3, -0.25) is 9.13 Å². The molecule has 2 atom stereocenters. The number of esters is 1. The molecule has 0 aliphatic rings. The number of rotatable bonds is 14. The highest BCUT2D eigenvalue weighted by Crippen LogP contribution is 2.49. The van der Waals surface area contributed by atoms with Crippen molar-refractivity contribution in [2.24, 2.45) is 0 Å². The van der Waals surface area contributed by atoms with Gasteiger partial charge in [-0.05, 0) is 70.5 Å². The Kier molecular flexibility index (Phi) is 10.6. The molecule has 8 nitrogen and oxygen atoms in total. The van der Waals surface area contributed by atoms with Crippen LogP contribution in [0, 0.1) is 0 Å². The number of thioether (sulfide) groups is 1. The molecule has 1 aromatic heterocycles. The molecule has 2 unspecified atom stereocenters. The summed E-state index contributed by atoms with van der Waals surface area (Å²) in [6.45, 7) is 4.87. The minimum absolute atomic E-state index is 0.221. The zero-order chi connectivity index (χ0) is 23.7. The van der Waals surface area contributed by atoms with E-state index in [1.807, 2.05) is 44.7 Å². The van der Waals surface area contributed by atoms with Crippen molar-refractivity contribution in [2.45, 2.75) is 32.7 Å². The molecule has 180 valence electrons. The largest absolute Gasteiger partial charge is 0.497 e. The molecule has 10 heteroatoms. The Morgan fingerprint density at radius 2 is 2.03 bits per heavy atom. The number of nitrogens with zero attached hydrogens (tertiary/aromatic N) is 2. The molecule has 2 rings (SSSR count). The lowest BCUT2D eigenvalue weighted by molar-refractivity contribution is -0.145. The summed E-state index contributed by atoms with van der Waals surface area (Å²) in [6, 6.07) is 4.98. The van der Waals surface area contributed by atoms with Crippen molar-refractivity contribution in [3.8, 4) is 5.75 Å². The number of fused-ring (bicyclic) bond motifs is 1. The first-order chi connectivity index (χ1) is 15.3. The van der Waals surface area contributed by atoms with Crippen molar-refractivity contribution >= 4 is 36.3 Å². The predicted octanol–water partition coefficient (Wildman–Crippen LogP) is 4.02. The second-order valence-corrected chi connectivity index (χ2v) is 10.6. The summed E-state index contributed by atoms with van der Waals surface area (Å²) < 4.78 is 32.3. The average molecular weight is 486 g/mol. The molecule has 1 N–H and O–H groups in total. The highest BCUT2D eigenvalue weighted by molar-refractivity contribution is 7.98. The van der Waals surface area contributed by atoms with Crippen LogP contribution in [0.1, 0.15) is 25.8 Å². The van der Waals surface area contributed by atoms with E-state index in [2.05, 4.69) is 9.99 Å². The molecule has 0 aliphatic carbocycles. The minimum Gasteiger partial charge on any atom is -0.497 e. The lowest BCUT2D eigenvalue weighted by Crippen LogP contribution is -2.38. The van der Waals surface area contributed by atoms with E-state index in [0.29, 0.717) is 12.2 Å². The number of carbonyl (C=O) groups is 1. The summed E-state index contributed by atoms with van der Waals surface area (Å²) in [5, 5.41) is 4.01. The summed E-state index contributed by atoms with van der Waals surface area (Å²) >= 11 is 1.62. The van der Waals surface area contributed by atoms with Gasteiger partial charge in [0.25, 0.3) is 0 Å². The Labute approximate surface area is 195 Å². The van der Waals surface area contributed by atoms with E-state index in [1.165, 1.54) is 0 Å². The molecule has 32 heavy (non-hydrogen) atoms. The van der Waals surface area contributed by atoms with Gasteiger partial charge in [0.15, 0.2) is 0 Å². The van der Waals surface area contributed by atoms with E-state index in [9.17, 15) is 9.36 Å². The third-order valence-corrected chi connectivity index (χ3v) is 7.78. The van der Waals surface area contributed by atoms with Gasteiger partial charge in [-0.2, -0.15) is 11.8 Å². The minimum atomic E-state index is -3.66. The topological polar surface area (TPSA) is 82.0 Å². The maximum Gasteiger partial charge on any atom is 0.373 e. The quantitative estimate of drug-likeness (QED) is 0.317. The van der Waals surface area contributed by atoms with Crippen LogP contribution in [0.15, 0.2) is 24.4 Å². The first-order valence-electron chi connectivity index (χ1n) is 10.8. The van der Waals surface area contributed by atoms with Gasteiger partial charge in [-0.25, -0.2) is 9.65 Å². The zero-order valence-corrected chi connectivity index (χ0v) is 21.6. The molecule has 1 heterocycles. The van der Waals surface area contributed by atoms with Crippen LogP contribution in [0.5, 0.6) is 5.75 Å². The fourth-order valence-electron chi connectivity index (χ4n) is 3.39. The van der Waals surface area contributed by atoms with E-state index in [-0.39, 0.29) is 13.2 Å². The predicted molar refractivity (Wildman–Crippen MR) is 132 cm³/mol. The Balaban J connectivity index is 2.56. The van der Waals surface area contributed by atoms with Gasteiger partial charge in [-0.1, -0.05) is 0 Å². The normalized spacial score (nSPS) is 14.5. The van der Waals surface area contributed by atoms with Crippen molar-refractivity contribution in [1.29, 1.82) is 0 Å². The third-order valence-electron chi connectivity index (χ3n) is 4.99. The third kappa shape index (κ3) is 6.75. The van der Waals surface area contributed by atoms with Crippen LogP contribution in [0.4, 0.5) is 0 Å². The number of hydrogen-bond donors (Lipinski definition) is 1. The van der Waals surface area contributed by atoms with Crippen molar-refractivity contribution in [3.05, 3.63) is 30.0 Å². The van der Waals surface area contributed by atoms with Crippen LogP contribution in [-0.4, -0.2) is 74.2 Å². The molecule has 2 aromatic rings. The SMILES string of the molecule is CCOC(=O)C(CCSC)NP(=O)(OCC)n1cc(CCN(C)C)c2ccc(OC)cc21. The van der Waals surface area contributed by atoms with Gasteiger partial charge in [-0.15, -0.1) is 0 Å². The summed E-state index contributed by atoms with van der Waals surface area (Å²) in [6.07, 6.45) is 5.09. The van der Waals surface area contributed by atoms with E-state index < -0.39 is 19.7 Å². The average Bonchev–Trinajstić information content (AvgIpc) is 3.14. The van der Waals surface area contributed by atoms with Crippen LogP contribution < -0.4 is 9.82 Å². The fourth-order valence-corrected chi connectivity index (χ4v) is 5.91. The van der Waals surface area contributed by atoms with Crippen molar-refractivity contribution in [3.63, 3.8) is 0 Å². The highest BCUT2D eigenvalue weighted by atomic mass is 32.2.